The molecule has 0 atom stereocenters. The van der Waals surface area contributed by atoms with Crippen LogP contribution in [0.25, 0.3) is 55.2 Å². The Kier molecular flexibility index (Phi) is 32.2. The number of halogens is 14. The molecule has 3 heterocycles. The quantitative estimate of drug-likeness (QED) is 0.0146. The fourth-order valence-electron chi connectivity index (χ4n) is 11.5. The van der Waals surface area contributed by atoms with Crippen LogP contribution in [0.2, 0.25) is 0 Å². The van der Waals surface area contributed by atoms with Gasteiger partial charge in [-0.15, -0.1) is 0 Å². The molecule has 2 N–H and O–H groups in total. The van der Waals surface area contributed by atoms with Crippen LogP contribution in [0, 0.1) is 90.6 Å². The Bertz CT molecular complexity index is 4910. The third-order valence-electron chi connectivity index (χ3n) is 17.8. The van der Waals surface area contributed by atoms with Crippen LogP contribution >= 0.6 is 31.9 Å². The first-order valence-electron chi connectivity index (χ1n) is 35.3. The zero-order valence-electron chi connectivity index (χ0n) is 63.5. The van der Waals surface area contributed by atoms with E-state index in [0.717, 1.165) is 77.6 Å². The van der Waals surface area contributed by atoms with Gasteiger partial charge in [-0.3, -0.25) is 24.6 Å². The van der Waals surface area contributed by atoms with Gasteiger partial charge in [0.2, 0.25) is 30.4 Å². The van der Waals surface area contributed by atoms with Crippen LogP contribution in [-0.4, -0.2) is 109 Å². The van der Waals surface area contributed by atoms with E-state index in [1.165, 1.54) is 25.1 Å². The monoisotopic (exact) mass is 1680 g/mol. The SMILES string of the molecule is CCOC(OCC)C(=O)c1c(F)cc(-c2cc(F)c(Br)cc2F)cc1F.CCOC(OCC)C(=O)c1c(F)cc(Br)cc1F.CCOC(OCC)c1[nH]nc2cc(-c3cc(F)c(C)cc3F)cc(F)c12.CCc1cc(C)c(F)cc1-c1cc(F)c2c(C=O)[nH]nc2c1.CCc1cc(C)c(F)cc1B1OC(C)(C)C(C)(C)O1. The number of hydrogen-bond donors (Lipinski definition) is 2. The molecule has 111 heavy (non-hydrogen) atoms. The molecule has 30 heteroatoms. The second-order valence-corrected chi connectivity index (χ2v) is 27.6. The number of carbonyl (C=O) groups is 3. The molecule has 0 bridgehead atoms. The lowest BCUT2D eigenvalue weighted by Crippen LogP contribution is -2.41. The molecule has 0 aliphatic carbocycles. The number of hydrogen-bond acceptors (Lipinski definition) is 13. The first-order valence-corrected chi connectivity index (χ1v) is 36.8. The smallest absolute Gasteiger partial charge is 0.399 e. The van der Waals surface area contributed by atoms with Crippen molar-refractivity contribution >= 4 is 84.1 Å². The van der Waals surface area contributed by atoms with Gasteiger partial charge in [-0.1, -0.05) is 41.9 Å². The highest BCUT2D eigenvalue weighted by Crippen LogP contribution is 2.39. The second-order valence-electron chi connectivity index (χ2n) is 25.8. The lowest BCUT2D eigenvalue weighted by molar-refractivity contribution is -0.141. The summed E-state index contributed by atoms with van der Waals surface area (Å²) in [7, 11) is -0.491. The van der Waals surface area contributed by atoms with Gasteiger partial charge in [0.25, 0.3) is 0 Å². The van der Waals surface area contributed by atoms with Crippen molar-refractivity contribution in [3.05, 3.63) is 226 Å². The largest absolute Gasteiger partial charge is 0.495 e. The van der Waals surface area contributed by atoms with Gasteiger partial charge in [0.05, 0.1) is 48.6 Å². The molecule has 0 saturated carbocycles. The maximum Gasteiger partial charge on any atom is 0.495 e. The van der Waals surface area contributed by atoms with Crippen LogP contribution in [0.4, 0.5) is 52.7 Å². The zero-order valence-corrected chi connectivity index (χ0v) is 66.6. The van der Waals surface area contributed by atoms with Crippen LogP contribution in [0.1, 0.15) is 154 Å². The molecule has 1 fully saturated rings. The fourth-order valence-corrected chi connectivity index (χ4v) is 12.2. The van der Waals surface area contributed by atoms with E-state index in [1.807, 2.05) is 40.7 Å². The van der Waals surface area contributed by atoms with Crippen LogP contribution in [0.5, 0.6) is 0 Å². The van der Waals surface area contributed by atoms with Gasteiger partial charge in [0.15, 0.2) is 6.29 Å². The van der Waals surface area contributed by atoms with Gasteiger partial charge in [0.1, 0.15) is 81.2 Å². The number of ether oxygens (including phenoxy) is 6. The Morgan fingerprint density at radius 1 is 0.441 bits per heavy atom. The Morgan fingerprint density at radius 2 is 0.820 bits per heavy atom. The topological polar surface area (TPSA) is 182 Å². The van der Waals surface area contributed by atoms with Crippen molar-refractivity contribution in [3.8, 4) is 33.4 Å². The van der Waals surface area contributed by atoms with Crippen LogP contribution in [0.15, 0.2) is 106 Å². The summed E-state index contributed by atoms with van der Waals surface area (Å²) in [5, 5.41) is 13.6. The van der Waals surface area contributed by atoms with Gasteiger partial charge >= 0.3 is 7.12 Å². The molecule has 0 unspecified atom stereocenters. The molecule has 1 aliphatic heterocycles. The third kappa shape index (κ3) is 21.5. The number of aryl methyl sites for hydroxylation is 5. The predicted molar refractivity (Wildman–Crippen MR) is 406 cm³/mol. The number of H-pyrrole nitrogens is 2. The van der Waals surface area contributed by atoms with E-state index in [1.54, 1.807) is 73.6 Å². The van der Waals surface area contributed by atoms with Crippen molar-refractivity contribution < 1.29 is 105 Å². The molecule has 2 aromatic heterocycles. The minimum Gasteiger partial charge on any atom is -0.399 e. The van der Waals surface area contributed by atoms with E-state index in [-0.39, 0.29) is 96.8 Å². The standard InChI is InChI=1S/C19H19F3N2O2.C18H15BrF4O3.C17H14F2N2O.C15H22BFO2.C12H13BrF2O3/c1-4-25-19(26-5-2)18-17-15(22)7-11(8-16(17)23-24-18)12-9-13(20)10(3)6-14(12)21;1-3-25-18(26-4-2)17(24)16-14(22)5-9(6-15(16)23)10-7-13(21)11(19)8-12(10)20;1-3-10-4-9(2)13(18)7-12(10)11-5-14(19)17-15(6-11)20-21-16(17)8-22;1-7-11-8-10(2)13(17)9-12(11)16-18-14(3,4)15(5,6)19-16;1-3-17-12(18-4-2)11(16)10-8(14)5-7(13)6-9(10)15/h6-9,19H,4-5H2,1-3H3,(H,23,24);5-8,18H,3-4H2,1-2H3;4-8H,3H2,1-2H3,(H,20,21);8-9H,7H2,1-6H3;5-6,12H,3-4H2,1-2H3. The molecule has 11 rings (SSSR count). The van der Waals surface area contributed by atoms with Crippen molar-refractivity contribution in [3.63, 3.8) is 0 Å². The summed E-state index contributed by atoms with van der Waals surface area (Å²) in [6.07, 6.45) is -1.46. The summed E-state index contributed by atoms with van der Waals surface area (Å²) in [6, 6.07) is 19.6. The Balaban J connectivity index is 0.000000194. The summed E-state index contributed by atoms with van der Waals surface area (Å²) in [4.78, 5) is 35.1. The number of benzene rings is 8. The average molecular weight is 1690 g/mol. The lowest BCUT2D eigenvalue weighted by atomic mass is 9.75. The molecule has 1 saturated heterocycles. The summed E-state index contributed by atoms with van der Waals surface area (Å²) in [6.45, 7) is 28.4. The van der Waals surface area contributed by atoms with Crippen molar-refractivity contribution in [2.45, 2.75) is 147 Å². The number of nitrogens with one attached hydrogen (secondary N) is 2. The van der Waals surface area contributed by atoms with Gasteiger partial charge in [-0.05, 0) is 259 Å². The van der Waals surface area contributed by atoms with Crippen molar-refractivity contribution in [1.82, 2.24) is 20.4 Å². The van der Waals surface area contributed by atoms with Crippen LogP contribution in [-0.2, 0) is 50.6 Å². The summed E-state index contributed by atoms with van der Waals surface area (Å²) >= 11 is 5.76. The normalized spacial score (nSPS) is 12.9. The number of aromatic nitrogens is 4. The molecule has 0 radical (unpaired) electrons. The van der Waals surface area contributed by atoms with E-state index in [0.29, 0.717) is 59.4 Å². The highest BCUT2D eigenvalue weighted by molar-refractivity contribution is 9.10. The van der Waals surface area contributed by atoms with Gasteiger partial charge in [0, 0.05) is 55.2 Å². The molecule has 0 spiro atoms. The fraction of sp³-hybridized carbons (Fsp3) is 0.346. The van der Waals surface area contributed by atoms with Gasteiger partial charge in [-0.25, -0.2) is 52.7 Å². The molecule has 10 aromatic rings. The molecule has 1 aliphatic rings. The third-order valence-corrected chi connectivity index (χ3v) is 18.8. The lowest BCUT2D eigenvalue weighted by Gasteiger charge is -2.32. The van der Waals surface area contributed by atoms with Crippen LogP contribution < -0.4 is 5.46 Å². The number of rotatable bonds is 24. The predicted octanol–water partition coefficient (Wildman–Crippen LogP) is 20.8. The molecular weight excluding hydrogens is 1600 g/mol. The summed E-state index contributed by atoms with van der Waals surface area (Å²) < 4.78 is 212. The number of aldehydes is 1. The Labute approximate surface area is 651 Å². The minimum absolute atomic E-state index is 0.0235. The van der Waals surface area contributed by atoms with E-state index in [4.69, 9.17) is 37.7 Å². The molecular formula is C81H83BBr2F12N4O11. The second kappa shape index (κ2) is 39.8. The first kappa shape index (κ1) is 89.8. The van der Waals surface area contributed by atoms with Crippen molar-refractivity contribution in [2.24, 2.45) is 0 Å². The van der Waals surface area contributed by atoms with Crippen molar-refractivity contribution in [2.75, 3.05) is 39.6 Å². The van der Waals surface area contributed by atoms with E-state index in [9.17, 15) is 67.1 Å². The van der Waals surface area contributed by atoms with Gasteiger partial charge < -0.3 is 37.7 Å². The highest BCUT2D eigenvalue weighted by Gasteiger charge is 2.52. The Hall–Kier alpha value is -8.43. The Morgan fingerprint density at radius 3 is 1.29 bits per heavy atom. The summed E-state index contributed by atoms with van der Waals surface area (Å²) in [5.74, 6) is -10.8. The molecule has 8 aromatic carbocycles. The maximum atomic E-state index is 14.8. The van der Waals surface area contributed by atoms with Crippen molar-refractivity contribution in [1.29, 1.82) is 0 Å². The average Bonchev–Trinajstić information content (AvgIpc) is 1.00. The number of carbonyl (C=O) groups excluding carboxylic acids is 3. The minimum atomic E-state index is -1.46. The number of ketones is 2. The van der Waals surface area contributed by atoms with E-state index < -0.39 is 118 Å². The maximum absolute atomic E-state index is 14.8. The van der Waals surface area contributed by atoms with E-state index in [2.05, 4.69) is 59.2 Å². The zero-order chi connectivity index (χ0) is 82.3. The number of aromatic amines is 2. The number of nitrogens with zero attached hydrogens (tertiary/aromatic N) is 2. The number of Topliss-reactive ketones (excluding diaryl/α,β-unsaturated/α-hetero) is 2. The first-order chi connectivity index (χ1) is 52.5. The van der Waals surface area contributed by atoms with Crippen LogP contribution in [0.3, 0.4) is 0 Å². The molecule has 594 valence electrons. The molecule has 15 nitrogen and oxygen atoms in total. The molecule has 0 amide bonds. The van der Waals surface area contributed by atoms with Gasteiger partial charge in [-0.2, -0.15) is 10.2 Å². The number of fused-ring (bicyclic) bond motifs is 2. The summed E-state index contributed by atoms with van der Waals surface area (Å²) in [5.41, 5.74) is 3.79. The van der Waals surface area contributed by atoms with E-state index >= 15 is 0 Å². The highest BCUT2D eigenvalue weighted by atomic mass is 79.9.